The Hall–Kier alpha value is -0.570. The Balaban J connectivity index is 1.77. The monoisotopic (exact) mass is 297 g/mol. The number of ether oxygens (including phenoxy) is 1. The Labute approximate surface area is 131 Å². The summed E-state index contributed by atoms with van der Waals surface area (Å²) in [5.74, 6) is 0.875. The van der Waals surface area contributed by atoms with Gasteiger partial charge in [-0.05, 0) is 51.0 Å². The molecule has 0 bridgehead atoms. The second-order valence-corrected chi connectivity index (χ2v) is 6.71. The smallest absolute Gasteiger partial charge is 0.305 e. The van der Waals surface area contributed by atoms with E-state index in [0.29, 0.717) is 6.42 Å². The van der Waals surface area contributed by atoms with E-state index in [1.165, 1.54) is 71.4 Å². The molecule has 3 heteroatoms. The highest BCUT2D eigenvalue weighted by Crippen LogP contribution is 2.23. The first-order chi connectivity index (χ1) is 10.2. The van der Waals surface area contributed by atoms with Gasteiger partial charge in [0.05, 0.1) is 7.11 Å². The highest BCUT2D eigenvalue weighted by atomic mass is 16.5. The molecule has 1 N–H and O–H groups in total. The largest absolute Gasteiger partial charge is 0.469 e. The number of esters is 1. The number of methoxy groups -OCH3 is 1. The molecule has 21 heavy (non-hydrogen) atoms. The van der Waals surface area contributed by atoms with Crippen molar-refractivity contribution < 1.29 is 9.53 Å². The molecule has 3 nitrogen and oxygen atoms in total. The molecule has 0 aromatic heterocycles. The first-order valence-electron chi connectivity index (χ1n) is 9.02. The minimum Gasteiger partial charge on any atom is -0.469 e. The van der Waals surface area contributed by atoms with Crippen LogP contribution in [-0.4, -0.2) is 25.7 Å². The fraction of sp³-hybridized carbons (Fsp3) is 0.944. The Kier molecular flexibility index (Phi) is 10.6. The number of hydrogen-bond donors (Lipinski definition) is 1. The van der Waals surface area contributed by atoms with Crippen LogP contribution in [0.2, 0.25) is 0 Å². The van der Waals surface area contributed by atoms with Crippen LogP contribution < -0.4 is 5.32 Å². The van der Waals surface area contributed by atoms with E-state index >= 15 is 0 Å². The van der Waals surface area contributed by atoms with Crippen molar-refractivity contribution in [3.63, 3.8) is 0 Å². The lowest BCUT2D eigenvalue weighted by atomic mass is 9.87. The summed E-state index contributed by atoms with van der Waals surface area (Å²) in [6.45, 7) is 3.57. The van der Waals surface area contributed by atoms with E-state index in [9.17, 15) is 4.79 Å². The highest BCUT2D eigenvalue weighted by Gasteiger charge is 2.16. The zero-order chi connectivity index (χ0) is 15.3. The number of carbonyl (C=O) groups is 1. The lowest BCUT2D eigenvalue weighted by Gasteiger charge is -2.27. The van der Waals surface area contributed by atoms with Crippen molar-refractivity contribution in [2.24, 2.45) is 5.92 Å². The maximum atomic E-state index is 10.9. The van der Waals surface area contributed by atoms with Crippen LogP contribution in [-0.2, 0) is 9.53 Å². The molecular formula is C18H35NO2. The number of rotatable bonds is 11. The molecule has 124 valence electrons. The second-order valence-electron chi connectivity index (χ2n) is 6.71. The minimum absolute atomic E-state index is 0.0711. The van der Waals surface area contributed by atoms with Crippen LogP contribution in [0.15, 0.2) is 0 Å². The molecule has 0 amide bonds. The van der Waals surface area contributed by atoms with Crippen molar-refractivity contribution >= 4 is 5.97 Å². The van der Waals surface area contributed by atoms with Crippen LogP contribution >= 0.6 is 0 Å². The zero-order valence-electron chi connectivity index (χ0n) is 14.2. The van der Waals surface area contributed by atoms with Gasteiger partial charge in [-0.1, -0.05) is 39.0 Å². The zero-order valence-corrected chi connectivity index (χ0v) is 14.2. The average Bonchev–Trinajstić information content (AvgIpc) is 2.50. The number of nitrogens with one attached hydrogen (secondary N) is 1. The van der Waals surface area contributed by atoms with E-state index in [0.717, 1.165) is 24.8 Å². The third-order valence-electron chi connectivity index (χ3n) is 4.73. The predicted octanol–water partition coefficient (Wildman–Crippen LogP) is 4.45. The first-order valence-corrected chi connectivity index (χ1v) is 9.02. The van der Waals surface area contributed by atoms with Gasteiger partial charge in [0.2, 0.25) is 0 Å². The Morgan fingerprint density at radius 3 is 2.14 bits per heavy atom. The molecule has 1 aliphatic carbocycles. The van der Waals surface area contributed by atoms with Gasteiger partial charge in [0.1, 0.15) is 0 Å². The molecule has 0 aromatic rings. The van der Waals surface area contributed by atoms with Crippen molar-refractivity contribution in [3.8, 4) is 0 Å². The number of hydrogen-bond acceptors (Lipinski definition) is 3. The molecule has 0 atom stereocenters. The topological polar surface area (TPSA) is 38.3 Å². The lowest BCUT2D eigenvalue weighted by molar-refractivity contribution is -0.140. The summed E-state index contributed by atoms with van der Waals surface area (Å²) in [6.07, 6.45) is 14.8. The van der Waals surface area contributed by atoms with E-state index in [-0.39, 0.29) is 5.97 Å². The van der Waals surface area contributed by atoms with Gasteiger partial charge in [-0.3, -0.25) is 4.79 Å². The summed E-state index contributed by atoms with van der Waals surface area (Å²) in [7, 11) is 1.46. The fourth-order valence-electron chi connectivity index (χ4n) is 3.15. The van der Waals surface area contributed by atoms with Gasteiger partial charge in [0.25, 0.3) is 0 Å². The van der Waals surface area contributed by atoms with Crippen LogP contribution in [0.3, 0.4) is 0 Å². The first kappa shape index (κ1) is 18.5. The molecule has 0 unspecified atom stereocenters. The molecule has 0 spiro atoms. The Morgan fingerprint density at radius 2 is 1.52 bits per heavy atom. The molecule has 1 saturated carbocycles. The quantitative estimate of drug-likeness (QED) is 0.452. The third-order valence-corrected chi connectivity index (χ3v) is 4.73. The van der Waals surface area contributed by atoms with E-state index in [1.54, 1.807) is 0 Å². The van der Waals surface area contributed by atoms with Gasteiger partial charge in [0.15, 0.2) is 0 Å². The number of carbonyl (C=O) groups excluding carboxylic acids is 1. The molecule has 0 aliphatic heterocycles. The van der Waals surface area contributed by atoms with Crippen LogP contribution in [0.5, 0.6) is 0 Å². The van der Waals surface area contributed by atoms with Crippen molar-refractivity contribution in [3.05, 3.63) is 0 Å². The molecule has 0 saturated heterocycles. The molecular weight excluding hydrogens is 262 g/mol. The molecule has 0 aromatic carbocycles. The highest BCUT2D eigenvalue weighted by molar-refractivity contribution is 5.68. The van der Waals surface area contributed by atoms with E-state index in [2.05, 4.69) is 17.0 Å². The van der Waals surface area contributed by atoms with E-state index in [4.69, 9.17) is 0 Å². The normalized spacial score (nSPS) is 22.2. The number of unbranched alkanes of at least 4 members (excludes halogenated alkanes) is 6. The van der Waals surface area contributed by atoms with E-state index < -0.39 is 0 Å². The van der Waals surface area contributed by atoms with Crippen molar-refractivity contribution in [2.75, 3.05) is 13.7 Å². The summed E-state index contributed by atoms with van der Waals surface area (Å²) >= 11 is 0. The van der Waals surface area contributed by atoms with Gasteiger partial charge < -0.3 is 10.1 Å². The molecule has 1 fully saturated rings. The van der Waals surface area contributed by atoms with Crippen molar-refractivity contribution in [1.29, 1.82) is 0 Å². The second kappa shape index (κ2) is 12.0. The average molecular weight is 297 g/mol. The Morgan fingerprint density at radius 1 is 0.952 bits per heavy atom. The van der Waals surface area contributed by atoms with Crippen LogP contribution in [0.4, 0.5) is 0 Å². The summed E-state index contributed by atoms with van der Waals surface area (Å²) in [5, 5.41) is 3.72. The van der Waals surface area contributed by atoms with Gasteiger partial charge in [-0.15, -0.1) is 0 Å². The Bertz CT molecular complexity index is 260. The van der Waals surface area contributed by atoms with Gasteiger partial charge in [-0.2, -0.15) is 0 Å². The fourth-order valence-corrected chi connectivity index (χ4v) is 3.15. The van der Waals surface area contributed by atoms with Crippen molar-refractivity contribution in [2.45, 2.75) is 90.0 Å². The molecule has 0 radical (unpaired) electrons. The molecule has 1 aliphatic rings. The maximum absolute atomic E-state index is 10.9. The van der Waals surface area contributed by atoms with Gasteiger partial charge in [0, 0.05) is 12.5 Å². The van der Waals surface area contributed by atoms with Crippen LogP contribution in [0, 0.1) is 5.92 Å². The maximum Gasteiger partial charge on any atom is 0.305 e. The molecule has 0 heterocycles. The SMILES string of the molecule is COC(=O)CCCCCCCCCNC1CCC(C)CC1. The van der Waals surface area contributed by atoms with Gasteiger partial charge in [-0.25, -0.2) is 0 Å². The summed E-state index contributed by atoms with van der Waals surface area (Å²) in [4.78, 5) is 10.9. The van der Waals surface area contributed by atoms with Gasteiger partial charge >= 0.3 is 5.97 Å². The minimum atomic E-state index is -0.0711. The summed E-state index contributed by atoms with van der Waals surface area (Å²) < 4.78 is 4.63. The third kappa shape index (κ3) is 9.89. The molecule has 1 rings (SSSR count). The summed E-state index contributed by atoms with van der Waals surface area (Å²) in [6, 6.07) is 0.791. The van der Waals surface area contributed by atoms with Crippen LogP contribution in [0.25, 0.3) is 0 Å². The van der Waals surface area contributed by atoms with Crippen molar-refractivity contribution in [1.82, 2.24) is 5.32 Å². The van der Waals surface area contributed by atoms with Crippen LogP contribution in [0.1, 0.15) is 84.0 Å². The lowest BCUT2D eigenvalue weighted by Crippen LogP contribution is -2.33. The summed E-state index contributed by atoms with van der Waals surface area (Å²) in [5.41, 5.74) is 0. The van der Waals surface area contributed by atoms with E-state index in [1.807, 2.05) is 0 Å². The standard InChI is InChI=1S/C18H35NO2/c1-16-11-13-17(14-12-16)19-15-9-7-5-3-4-6-8-10-18(20)21-2/h16-17,19H,3-15H2,1-2H3. The predicted molar refractivity (Wildman–Crippen MR) is 88.4 cm³/mol.